The molecular formula is C23H24N2O6. The molecule has 3 N–H and O–H groups in total. The Morgan fingerprint density at radius 2 is 1.71 bits per heavy atom. The number of benzene rings is 2. The maximum absolute atomic E-state index is 12.4. The van der Waals surface area contributed by atoms with Gasteiger partial charge in [-0.1, -0.05) is 48.5 Å². The number of carbonyl (C=O) groups is 3. The van der Waals surface area contributed by atoms with Gasteiger partial charge in [-0.3, -0.25) is 4.79 Å². The highest BCUT2D eigenvalue weighted by atomic mass is 16.5. The van der Waals surface area contributed by atoms with Crippen LogP contribution in [0.5, 0.6) is 0 Å². The molecule has 1 aliphatic heterocycles. The third-order valence-corrected chi connectivity index (χ3v) is 5.73. The number of hydrogen-bond donors (Lipinski definition) is 3. The van der Waals surface area contributed by atoms with Crippen molar-refractivity contribution in [2.75, 3.05) is 13.2 Å². The molecule has 1 aliphatic carbocycles. The fraction of sp³-hybridized carbons (Fsp3) is 0.348. The lowest BCUT2D eigenvalue weighted by atomic mass is 9.98. The Hall–Kier alpha value is -3.39. The molecule has 8 heteroatoms. The van der Waals surface area contributed by atoms with Gasteiger partial charge in [0.1, 0.15) is 12.6 Å². The van der Waals surface area contributed by atoms with Crippen molar-refractivity contribution in [3.05, 3.63) is 59.7 Å². The molecule has 1 fully saturated rings. The number of rotatable bonds is 6. The summed E-state index contributed by atoms with van der Waals surface area (Å²) in [6.45, 7) is 1.92. The first kappa shape index (κ1) is 20.9. The molecule has 2 aliphatic rings. The summed E-state index contributed by atoms with van der Waals surface area (Å²) in [5.41, 5.74) is 4.46. The zero-order valence-electron chi connectivity index (χ0n) is 17.0. The summed E-state index contributed by atoms with van der Waals surface area (Å²) in [6, 6.07) is 14.5. The lowest BCUT2D eigenvalue weighted by Gasteiger charge is -2.20. The number of nitrogens with one attached hydrogen (secondary N) is 2. The van der Waals surface area contributed by atoms with E-state index in [9.17, 15) is 14.4 Å². The molecule has 3 atom stereocenters. The Morgan fingerprint density at radius 1 is 1.10 bits per heavy atom. The van der Waals surface area contributed by atoms with Gasteiger partial charge in [-0.05, 0) is 35.6 Å². The molecule has 0 unspecified atom stereocenters. The van der Waals surface area contributed by atoms with Crippen molar-refractivity contribution < 1.29 is 29.0 Å². The molecule has 2 amide bonds. The SMILES string of the molecule is C[C@@H](NC(=O)OCC1c2ccccc2-c2ccccc21)C(=O)N[C@@H]1CCO[C@@H]1C(=O)O. The van der Waals surface area contributed by atoms with Crippen LogP contribution in [0.2, 0.25) is 0 Å². The molecule has 2 aromatic carbocycles. The minimum atomic E-state index is -1.13. The maximum Gasteiger partial charge on any atom is 0.407 e. The van der Waals surface area contributed by atoms with Crippen LogP contribution in [0.1, 0.15) is 30.4 Å². The molecular weight excluding hydrogens is 400 g/mol. The normalized spacial score (nSPS) is 20.4. The second-order valence-electron chi connectivity index (χ2n) is 7.72. The van der Waals surface area contributed by atoms with Crippen LogP contribution in [-0.2, 0) is 19.1 Å². The second-order valence-corrected chi connectivity index (χ2v) is 7.72. The number of carboxylic acids is 1. The fourth-order valence-corrected chi connectivity index (χ4v) is 4.17. The molecule has 1 saturated heterocycles. The Bertz CT molecular complexity index is 962. The summed E-state index contributed by atoms with van der Waals surface area (Å²) in [5, 5.41) is 14.3. The number of hydrogen-bond acceptors (Lipinski definition) is 5. The van der Waals surface area contributed by atoms with Crippen LogP contribution in [0, 0.1) is 0 Å². The largest absolute Gasteiger partial charge is 0.479 e. The van der Waals surface area contributed by atoms with Gasteiger partial charge in [0.05, 0.1) is 6.04 Å². The van der Waals surface area contributed by atoms with Gasteiger partial charge in [-0.25, -0.2) is 9.59 Å². The average Bonchev–Trinajstić information content (AvgIpc) is 3.35. The topological polar surface area (TPSA) is 114 Å². The van der Waals surface area contributed by atoms with Crippen molar-refractivity contribution in [2.45, 2.75) is 37.5 Å². The molecule has 1 heterocycles. The van der Waals surface area contributed by atoms with Gasteiger partial charge in [0.25, 0.3) is 0 Å². The standard InChI is InChI=1S/C23H24N2O6/c1-13(21(26)25-19-10-11-30-20(19)22(27)28)24-23(29)31-12-18-16-8-4-2-6-14(16)15-7-3-5-9-17(15)18/h2-9,13,18-20H,10-12H2,1H3,(H,24,29)(H,25,26)(H,27,28)/t13-,19-,20+/m1/s1. The molecule has 162 valence electrons. The lowest BCUT2D eigenvalue weighted by molar-refractivity contribution is -0.148. The highest BCUT2D eigenvalue weighted by Crippen LogP contribution is 2.44. The number of ether oxygens (including phenoxy) is 2. The number of carbonyl (C=O) groups excluding carboxylic acids is 2. The van der Waals surface area contributed by atoms with Gasteiger partial charge in [-0.2, -0.15) is 0 Å². The molecule has 2 aromatic rings. The van der Waals surface area contributed by atoms with Crippen molar-refractivity contribution in [2.24, 2.45) is 0 Å². The molecule has 0 aromatic heterocycles. The third kappa shape index (κ3) is 4.25. The van der Waals surface area contributed by atoms with Crippen LogP contribution in [-0.4, -0.2) is 54.5 Å². The molecule has 31 heavy (non-hydrogen) atoms. The first-order chi connectivity index (χ1) is 15.0. The van der Waals surface area contributed by atoms with E-state index in [1.807, 2.05) is 36.4 Å². The number of amides is 2. The Kier molecular flexibility index (Phi) is 5.90. The first-order valence-corrected chi connectivity index (χ1v) is 10.2. The smallest absolute Gasteiger partial charge is 0.407 e. The zero-order chi connectivity index (χ0) is 22.0. The number of carboxylic acid groups (broad SMARTS) is 1. The predicted octanol–water partition coefficient (Wildman–Crippen LogP) is 2.27. The minimum Gasteiger partial charge on any atom is -0.479 e. The predicted molar refractivity (Wildman–Crippen MR) is 112 cm³/mol. The molecule has 0 bridgehead atoms. The summed E-state index contributed by atoms with van der Waals surface area (Å²) in [5.74, 6) is -1.69. The van der Waals surface area contributed by atoms with Gasteiger partial charge < -0.3 is 25.2 Å². The first-order valence-electron chi connectivity index (χ1n) is 10.2. The lowest BCUT2D eigenvalue weighted by Crippen LogP contribution is -2.51. The summed E-state index contributed by atoms with van der Waals surface area (Å²) >= 11 is 0. The summed E-state index contributed by atoms with van der Waals surface area (Å²) in [6.07, 6.45) is -1.38. The minimum absolute atomic E-state index is 0.0748. The van der Waals surface area contributed by atoms with Gasteiger partial charge in [-0.15, -0.1) is 0 Å². The van der Waals surface area contributed by atoms with Crippen LogP contribution in [0.4, 0.5) is 4.79 Å². The fourth-order valence-electron chi connectivity index (χ4n) is 4.17. The average molecular weight is 424 g/mol. The second kappa shape index (κ2) is 8.77. The van der Waals surface area contributed by atoms with Crippen LogP contribution in [0.25, 0.3) is 11.1 Å². The van der Waals surface area contributed by atoms with E-state index in [1.54, 1.807) is 0 Å². The van der Waals surface area contributed by atoms with E-state index in [1.165, 1.54) is 6.92 Å². The van der Waals surface area contributed by atoms with Gasteiger partial charge in [0, 0.05) is 12.5 Å². The summed E-state index contributed by atoms with van der Waals surface area (Å²) in [7, 11) is 0. The van der Waals surface area contributed by atoms with Crippen LogP contribution in [0.15, 0.2) is 48.5 Å². The van der Waals surface area contributed by atoms with Crippen molar-refractivity contribution in [1.82, 2.24) is 10.6 Å². The van der Waals surface area contributed by atoms with E-state index < -0.39 is 36.2 Å². The van der Waals surface area contributed by atoms with E-state index in [0.717, 1.165) is 22.3 Å². The molecule has 4 rings (SSSR count). The van der Waals surface area contributed by atoms with Crippen molar-refractivity contribution in [3.8, 4) is 11.1 Å². The Morgan fingerprint density at radius 3 is 2.32 bits per heavy atom. The summed E-state index contributed by atoms with van der Waals surface area (Å²) in [4.78, 5) is 35.8. The molecule has 0 radical (unpaired) electrons. The van der Waals surface area contributed by atoms with E-state index in [4.69, 9.17) is 14.6 Å². The van der Waals surface area contributed by atoms with Crippen LogP contribution >= 0.6 is 0 Å². The quantitative estimate of drug-likeness (QED) is 0.656. The van der Waals surface area contributed by atoms with Crippen molar-refractivity contribution >= 4 is 18.0 Å². The number of alkyl carbamates (subject to hydrolysis) is 1. The highest BCUT2D eigenvalue weighted by Gasteiger charge is 2.36. The van der Waals surface area contributed by atoms with Gasteiger partial charge in [0.15, 0.2) is 6.10 Å². The molecule has 0 spiro atoms. The van der Waals surface area contributed by atoms with E-state index in [0.29, 0.717) is 6.42 Å². The van der Waals surface area contributed by atoms with Crippen molar-refractivity contribution in [3.63, 3.8) is 0 Å². The Balaban J connectivity index is 1.33. The van der Waals surface area contributed by atoms with Crippen molar-refractivity contribution in [1.29, 1.82) is 0 Å². The Labute approximate surface area is 179 Å². The van der Waals surface area contributed by atoms with Gasteiger partial charge >= 0.3 is 12.1 Å². The monoisotopic (exact) mass is 424 g/mol. The molecule has 0 saturated carbocycles. The number of aliphatic carboxylic acids is 1. The third-order valence-electron chi connectivity index (χ3n) is 5.73. The maximum atomic E-state index is 12.4. The zero-order valence-corrected chi connectivity index (χ0v) is 17.0. The van der Waals surface area contributed by atoms with Crippen LogP contribution < -0.4 is 10.6 Å². The van der Waals surface area contributed by atoms with Crippen LogP contribution in [0.3, 0.4) is 0 Å². The van der Waals surface area contributed by atoms with E-state index in [-0.39, 0.29) is 19.1 Å². The van der Waals surface area contributed by atoms with Gasteiger partial charge in [0.2, 0.25) is 5.91 Å². The summed E-state index contributed by atoms with van der Waals surface area (Å²) < 4.78 is 10.6. The number of fused-ring (bicyclic) bond motifs is 3. The van der Waals surface area contributed by atoms with E-state index >= 15 is 0 Å². The van der Waals surface area contributed by atoms with E-state index in [2.05, 4.69) is 22.8 Å². The highest BCUT2D eigenvalue weighted by molar-refractivity contribution is 5.86. The molecule has 8 nitrogen and oxygen atoms in total.